The van der Waals surface area contributed by atoms with E-state index in [4.69, 9.17) is 0 Å². The van der Waals surface area contributed by atoms with Crippen LogP contribution in [0.5, 0.6) is 0 Å². The van der Waals surface area contributed by atoms with Crippen LogP contribution in [0.15, 0.2) is 40.0 Å². The van der Waals surface area contributed by atoms with Crippen LogP contribution in [0.3, 0.4) is 0 Å². The van der Waals surface area contributed by atoms with E-state index in [1.165, 1.54) is 0 Å². The lowest BCUT2D eigenvalue weighted by molar-refractivity contribution is 0.374. The van der Waals surface area contributed by atoms with Crippen LogP contribution >= 0.6 is 0 Å². The zero-order chi connectivity index (χ0) is 17.4. The van der Waals surface area contributed by atoms with E-state index in [0.29, 0.717) is 12.1 Å². The summed E-state index contributed by atoms with van der Waals surface area (Å²) in [5.74, 6) is 0. The van der Waals surface area contributed by atoms with Crippen molar-refractivity contribution < 1.29 is 8.42 Å². The molecule has 0 saturated carbocycles. The largest absolute Gasteiger partial charge is 0.326 e. The van der Waals surface area contributed by atoms with Gasteiger partial charge in [-0.1, -0.05) is 25.1 Å². The van der Waals surface area contributed by atoms with Gasteiger partial charge in [0.2, 0.25) is 0 Å². The molecule has 0 aliphatic carbocycles. The molecule has 1 aromatic heterocycles. The van der Waals surface area contributed by atoms with E-state index >= 15 is 0 Å². The highest BCUT2D eigenvalue weighted by Crippen LogP contribution is 2.30. The first-order valence-electron chi connectivity index (χ1n) is 7.74. The third kappa shape index (κ3) is 3.13. The van der Waals surface area contributed by atoms with Gasteiger partial charge in [-0.3, -0.25) is 4.57 Å². The Morgan fingerprint density at radius 3 is 2.22 bits per heavy atom. The fraction of sp³-hybridized carbons (Fsp3) is 0.471. The second-order valence-electron chi connectivity index (χ2n) is 6.65. The zero-order valence-electron chi connectivity index (χ0n) is 14.3. The smallest absolute Gasteiger partial charge is 0.308 e. The number of benzene rings is 1. The number of hydrogen-bond donors (Lipinski definition) is 1. The third-order valence-electron chi connectivity index (χ3n) is 3.97. The topological polar surface area (TPSA) is 71.9 Å². The minimum atomic E-state index is -3.56. The number of nitrogens with zero attached hydrogens (tertiary/aromatic N) is 1. The van der Waals surface area contributed by atoms with Crippen molar-refractivity contribution >= 4 is 9.84 Å². The average molecular weight is 336 g/mol. The lowest BCUT2D eigenvalue weighted by Crippen LogP contribution is -2.33. The Morgan fingerprint density at radius 1 is 1.17 bits per heavy atom. The molecule has 0 aliphatic rings. The summed E-state index contributed by atoms with van der Waals surface area (Å²) in [4.78, 5) is 15.4. The number of imidazole rings is 1. The SMILES string of the molecule is CCc1c(C(C)S(=O)(=O)c2ccccc2)[nH]c(=O)n1C(C)(C)C. The fourth-order valence-corrected chi connectivity index (χ4v) is 4.30. The molecule has 0 saturated heterocycles. The van der Waals surface area contributed by atoms with Crippen LogP contribution in [-0.4, -0.2) is 18.0 Å². The van der Waals surface area contributed by atoms with Gasteiger partial charge < -0.3 is 4.98 Å². The summed E-state index contributed by atoms with van der Waals surface area (Å²) >= 11 is 0. The van der Waals surface area contributed by atoms with Gasteiger partial charge in [0.15, 0.2) is 9.84 Å². The molecule has 1 aromatic carbocycles. The van der Waals surface area contributed by atoms with E-state index in [1.807, 2.05) is 27.7 Å². The molecule has 1 heterocycles. The van der Waals surface area contributed by atoms with Crippen LogP contribution in [0.4, 0.5) is 0 Å². The van der Waals surface area contributed by atoms with Gasteiger partial charge in [-0.15, -0.1) is 0 Å². The van der Waals surface area contributed by atoms with Crippen molar-refractivity contribution in [1.29, 1.82) is 0 Å². The molecule has 23 heavy (non-hydrogen) atoms. The normalized spacial score (nSPS) is 14.0. The van der Waals surface area contributed by atoms with Crippen molar-refractivity contribution in [2.75, 3.05) is 0 Å². The quantitative estimate of drug-likeness (QED) is 0.933. The van der Waals surface area contributed by atoms with Crippen molar-refractivity contribution in [3.63, 3.8) is 0 Å². The number of aromatic nitrogens is 2. The molecule has 0 fully saturated rings. The molecular weight excluding hydrogens is 312 g/mol. The predicted molar refractivity (Wildman–Crippen MR) is 91.5 cm³/mol. The maximum absolute atomic E-state index is 12.8. The molecular formula is C17H24N2O3S. The minimum Gasteiger partial charge on any atom is -0.308 e. The molecule has 6 heteroatoms. The van der Waals surface area contributed by atoms with Gasteiger partial charge in [-0.05, 0) is 46.2 Å². The highest BCUT2D eigenvalue weighted by Gasteiger charge is 2.31. The Labute approximate surface area is 137 Å². The van der Waals surface area contributed by atoms with Gasteiger partial charge in [0, 0.05) is 11.2 Å². The summed E-state index contributed by atoms with van der Waals surface area (Å²) in [6.07, 6.45) is 0.583. The minimum absolute atomic E-state index is 0.263. The molecule has 0 amide bonds. The van der Waals surface area contributed by atoms with E-state index < -0.39 is 20.6 Å². The fourth-order valence-electron chi connectivity index (χ4n) is 2.85. The van der Waals surface area contributed by atoms with E-state index in [2.05, 4.69) is 4.98 Å². The Kier molecular flexibility index (Phi) is 4.57. The van der Waals surface area contributed by atoms with Gasteiger partial charge in [0.1, 0.15) is 5.25 Å². The van der Waals surface area contributed by atoms with Gasteiger partial charge in [-0.25, -0.2) is 13.2 Å². The van der Waals surface area contributed by atoms with E-state index in [0.717, 1.165) is 5.69 Å². The molecule has 0 radical (unpaired) electrons. The Balaban J connectivity index is 2.62. The maximum Gasteiger partial charge on any atom is 0.326 e. The standard InChI is InChI=1S/C17H24N2O3S/c1-6-14-15(18-16(20)19(14)17(3,4)5)12(2)23(21,22)13-10-8-7-9-11-13/h7-12H,6H2,1-5H3,(H,18,20). The van der Waals surface area contributed by atoms with E-state index in [-0.39, 0.29) is 10.6 Å². The van der Waals surface area contributed by atoms with Gasteiger partial charge in [0.05, 0.1) is 10.6 Å². The number of nitrogens with one attached hydrogen (secondary N) is 1. The van der Waals surface area contributed by atoms with Crippen molar-refractivity contribution in [1.82, 2.24) is 9.55 Å². The summed E-state index contributed by atoms with van der Waals surface area (Å²) in [6, 6.07) is 8.33. The maximum atomic E-state index is 12.8. The number of sulfone groups is 1. The monoisotopic (exact) mass is 336 g/mol. The second kappa shape index (κ2) is 6.00. The second-order valence-corrected chi connectivity index (χ2v) is 8.92. The first-order valence-corrected chi connectivity index (χ1v) is 9.28. The lowest BCUT2D eigenvalue weighted by atomic mass is 10.1. The third-order valence-corrected chi connectivity index (χ3v) is 6.07. The zero-order valence-corrected chi connectivity index (χ0v) is 15.1. The van der Waals surface area contributed by atoms with Crippen LogP contribution < -0.4 is 5.69 Å². The van der Waals surface area contributed by atoms with Crippen LogP contribution in [0.1, 0.15) is 51.3 Å². The molecule has 1 atom stereocenters. The number of hydrogen-bond acceptors (Lipinski definition) is 3. The molecule has 2 aromatic rings. The first kappa shape index (κ1) is 17.5. The molecule has 5 nitrogen and oxygen atoms in total. The van der Waals surface area contributed by atoms with Gasteiger partial charge in [0.25, 0.3) is 0 Å². The van der Waals surface area contributed by atoms with E-state index in [1.54, 1.807) is 41.8 Å². The summed E-state index contributed by atoms with van der Waals surface area (Å²) < 4.78 is 27.3. The van der Waals surface area contributed by atoms with Crippen molar-refractivity contribution in [2.45, 2.75) is 56.7 Å². The molecule has 1 N–H and O–H groups in total. The predicted octanol–water partition coefficient (Wildman–Crippen LogP) is 3.03. The Bertz CT molecular complexity index is 840. The molecule has 2 rings (SSSR count). The number of aromatic amines is 1. The number of H-pyrrole nitrogens is 1. The molecule has 0 bridgehead atoms. The molecule has 1 unspecified atom stereocenters. The molecule has 126 valence electrons. The Morgan fingerprint density at radius 2 is 1.74 bits per heavy atom. The first-order chi connectivity index (χ1) is 10.6. The van der Waals surface area contributed by atoms with Crippen molar-refractivity contribution in [3.05, 3.63) is 52.2 Å². The summed E-state index contributed by atoms with van der Waals surface area (Å²) in [7, 11) is -3.56. The highest BCUT2D eigenvalue weighted by atomic mass is 32.2. The van der Waals surface area contributed by atoms with Gasteiger partial charge in [-0.2, -0.15) is 0 Å². The van der Waals surface area contributed by atoms with Crippen LogP contribution in [0, 0.1) is 0 Å². The average Bonchev–Trinajstić information content (AvgIpc) is 2.83. The Hall–Kier alpha value is -1.82. The molecule has 0 spiro atoms. The highest BCUT2D eigenvalue weighted by molar-refractivity contribution is 7.91. The van der Waals surface area contributed by atoms with E-state index in [9.17, 15) is 13.2 Å². The van der Waals surface area contributed by atoms with Crippen LogP contribution in [-0.2, 0) is 21.8 Å². The van der Waals surface area contributed by atoms with Crippen LogP contribution in [0.2, 0.25) is 0 Å². The van der Waals surface area contributed by atoms with Crippen molar-refractivity contribution in [3.8, 4) is 0 Å². The summed E-state index contributed by atoms with van der Waals surface area (Å²) in [5.41, 5.74) is 0.554. The molecule has 0 aliphatic heterocycles. The van der Waals surface area contributed by atoms with Crippen LogP contribution in [0.25, 0.3) is 0 Å². The lowest BCUT2D eigenvalue weighted by Gasteiger charge is -2.23. The summed E-state index contributed by atoms with van der Waals surface area (Å²) in [6.45, 7) is 9.35. The number of rotatable bonds is 4. The van der Waals surface area contributed by atoms with Crippen molar-refractivity contribution in [2.24, 2.45) is 0 Å². The summed E-state index contributed by atoms with van der Waals surface area (Å²) in [5, 5.41) is -0.809. The van der Waals surface area contributed by atoms with Gasteiger partial charge >= 0.3 is 5.69 Å².